The molecule has 0 aliphatic carbocycles. The van der Waals surface area contributed by atoms with E-state index in [1.807, 2.05) is 24.0 Å². The fourth-order valence-electron chi connectivity index (χ4n) is 2.16. The molecule has 1 aliphatic rings. The quantitative estimate of drug-likeness (QED) is 0.774. The topological polar surface area (TPSA) is 67.5 Å². The first-order valence-corrected chi connectivity index (χ1v) is 5.68. The largest absolute Gasteiger partial charge is 0.389 e. The molecule has 0 bridgehead atoms. The molecule has 2 atom stereocenters. The van der Waals surface area contributed by atoms with Crippen LogP contribution in [0.25, 0.3) is 0 Å². The van der Waals surface area contributed by atoms with Gasteiger partial charge in [0.1, 0.15) is 0 Å². The summed E-state index contributed by atoms with van der Waals surface area (Å²) in [4.78, 5) is 2.02. The van der Waals surface area contributed by atoms with Gasteiger partial charge in [-0.25, -0.2) is 0 Å². The van der Waals surface area contributed by atoms with Crippen LogP contribution in [0.4, 0.5) is 0 Å². The third-order valence-corrected chi connectivity index (χ3v) is 3.20. The van der Waals surface area contributed by atoms with Crippen molar-refractivity contribution in [1.82, 2.24) is 4.90 Å². The van der Waals surface area contributed by atoms with Gasteiger partial charge in [-0.3, -0.25) is 4.90 Å². The molecule has 0 radical (unpaired) electrons. The van der Waals surface area contributed by atoms with E-state index in [9.17, 15) is 10.2 Å². The summed E-state index contributed by atoms with van der Waals surface area (Å²) in [6.45, 7) is 3.67. The van der Waals surface area contributed by atoms with Crippen molar-refractivity contribution >= 4 is 0 Å². The molecule has 0 spiro atoms. The predicted molar refractivity (Wildman–Crippen MR) is 63.2 cm³/mol. The van der Waals surface area contributed by atoms with Gasteiger partial charge in [0.05, 0.1) is 23.8 Å². The molecule has 1 fully saturated rings. The second-order valence-electron chi connectivity index (χ2n) is 4.58. The van der Waals surface area contributed by atoms with Gasteiger partial charge < -0.3 is 10.2 Å². The Morgan fingerprint density at radius 2 is 2.00 bits per heavy atom. The first-order chi connectivity index (χ1) is 8.10. The van der Waals surface area contributed by atoms with Crippen LogP contribution in [0.5, 0.6) is 0 Å². The van der Waals surface area contributed by atoms with Gasteiger partial charge in [0.2, 0.25) is 0 Å². The van der Waals surface area contributed by atoms with E-state index < -0.39 is 12.2 Å². The molecule has 0 aromatic heterocycles. The molecule has 4 nitrogen and oxygen atoms in total. The Balaban J connectivity index is 2.07. The van der Waals surface area contributed by atoms with E-state index in [-0.39, 0.29) is 0 Å². The Kier molecular flexibility index (Phi) is 3.43. The number of hydrogen-bond donors (Lipinski definition) is 2. The summed E-state index contributed by atoms with van der Waals surface area (Å²) in [6, 6.07) is 7.70. The Morgan fingerprint density at radius 3 is 2.53 bits per heavy atom. The SMILES string of the molecule is Cc1cc(C#N)ccc1CN1CC(O)C(O)C1. The minimum Gasteiger partial charge on any atom is -0.389 e. The van der Waals surface area contributed by atoms with Gasteiger partial charge in [-0.1, -0.05) is 6.07 Å². The van der Waals surface area contributed by atoms with Crippen LogP contribution in [0, 0.1) is 18.3 Å². The molecular formula is C13H16N2O2. The molecule has 90 valence electrons. The number of aliphatic hydroxyl groups excluding tert-OH is 2. The number of nitriles is 1. The summed E-state index contributed by atoms with van der Waals surface area (Å²) in [7, 11) is 0. The molecule has 1 aromatic carbocycles. The van der Waals surface area contributed by atoms with Crippen LogP contribution >= 0.6 is 0 Å². The van der Waals surface area contributed by atoms with Crippen molar-refractivity contribution in [3.8, 4) is 6.07 Å². The lowest BCUT2D eigenvalue weighted by atomic mass is 10.1. The maximum Gasteiger partial charge on any atom is 0.0991 e. The second kappa shape index (κ2) is 4.84. The predicted octanol–water partition coefficient (Wildman–Crippen LogP) is 0.404. The Bertz CT molecular complexity index is 443. The molecule has 0 saturated carbocycles. The summed E-state index contributed by atoms with van der Waals surface area (Å²) in [6.07, 6.45) is -1.29. The number of hydrogen-bond acceptors (Lipinski definition) is 4. The zero-order valence-corrected chi connectivity index (χ0v) is 9.80. The van der Waals surface area contributed by atoms with Crippen molar-refractivity contribution in [1.29, 1.82) is 5.26 Å². The lowest BCUT2D eigenvalue weighted by Crippen LogP contribution is -2.22. The highest BCUT2D eigenvalue weighted by Gasteiger charge is 2.29. The van der Waals surface area contributed by atoms with Crippen LogP contribution in [-0.4, -0.2) is 40.4 Å². The molecule has 1 heterocycles. The number of aliphatic hydroxyl groups is 2. The zero-order valence-electron chi connectivity index (χ0n) is 9.80. The summed E-state index contributed by atoms with van der Waals surface area (Å²) in [5.74, 6) is 0. The monoisotopic (exact) mass is 232 g/mol. The van der Waals surface area contributed by atoms with Crippen LogP contribution in [0.2, 0.25) is 0 Å². The molecule has 17 heavy (non-hydrogen) atoms. The smallest absolute Gasteiger partial charge is 0.0991 e. The van der Waals surface area contributed by atoms with Gasteiger partial charge in [-0.05, 0) is 30.2 Å². The third-order valence-electron chi connectivity index (χ3n) is 3.20. The van der Waals surface area contributed by atoms with E-state index in [0.717, 1.165) is 11.1 Å². The van der Waals surface area contributed by atoms with E-state index >= 15 is 0 Å². The molecule has 0 amide bonds. The average molecular weight is 232 g/mol. The minimum atomic E-state index is -0.645. The number of β-amino-alcohol motifs (C(OH)–C–C–N with tert-alkyl or cyclic N) is 2. The average Bonchev–Trinajstić information content (AvgIpc) is 2.61. The van der Waals surface area contributed by atoms with Crippen LogP contribution < -0.4 is 0 Å². The summed E-state index contributed by atoms with van der Waals surface area (Å²) >= 11 is 0. The van der Waals surface area contributed by atoms with E-state index in [0.29, 0.717) is 25.2 Å². The van der Waals surface area contributed by atoms with Gasteiger partial charge in [0.25, 0.3) is 0 Å². The lowest BCUT2D eigenvalue weighted by Gasteiger charge is -2.16. The van der Waals surface area contributed by atoms with Crippen LogP contribution in [0.3, 0.4) is 0 Å². The standard InChI is InChI=1S/C13H16N2O2/c1-9-4-10(5-14)2-3-11(9)6-15-7-12(16)13(17)8-15/h2-4,12-13,16-17H,6-8H2,1H3. The Hall–Kier alpha value is -1.41. The van der Waals surface area contributed by atoms with Crippen molar-refractivity contribution in [2.75, 3.05) is 13.1 Å². The molecule has 2 rings (SSSR count). The van der Waals surface area contributed by atoms with Gasteiger partial charge in [0.15, 0.2) is 0 Å². The molecule has 1 saturated heterocycles. The number of aryl methyl sites for hydroxylation is 1. The van der Waals surface area contributed by atoms with Gasteiger partial charge >= 0.3 is 0 Å². The van der Waals surface area contributed by atoms with Crippen molar-refractivity contribution in [2.45, 2.75) is 25.7 Å². The highest BCUT2D eigenvalue weighted by Crippen LogP contribution is 2.17. The molecule has 1 aliphatic heterocycles. The first-order valence-electron chi connectivity index (χ1n) is 5.68. The lowest BCUT2D eigenvalue weighted by molar-refractivity contribution is 0.0572. The van der Waals surface area contributed by atoms with Gasteiger partial charge in [-0.2, -0.15) is 5.26 Å². The van der Waals surface area contributed by atoms with E-state index in [2.05, 4.69) is 6.07 Å². The molecule has 1 aromatic rings. The summed E-state index contributed by atoms with van der Waals surface area (Å²) in [5, 5.41) is 27.7. The highest BCUT2D eigenvalue weighted by molar-refractivity contribution is 5.37. The molecular weight excluding hydrogens is 216 g/mol. The van der Waals surface area contributed by atoms with Crippen LogP contribution in [0.15, 0.2) is 18.2 Å². The highest BCUT2D eigenvalue weighted by atomic mass is 16.3. The first kappa shape index (κ1) is 12.1. The third kappa shape index (κ3) is 2.64. The minimum absolute atomic E-state index is 0.501. The number of nitrogens with zero attached hydrogens (tertiary/aromatic N) is 2. The van der Waals surface area contributed by atoms with Crippen molar-refractivity contribution < 1.29 is 10.2 Å². The van der Waals surface area contributed by atoms with Gasteiger partial charge in [-0.15, -0.1) is 0 Å². The van der Waals surface area contributed by atoms with E-state index in [4.69, 9.17) is 5.26 Å². The van der Waals surface area contributed by atoms with Crippen molar-refractivity contribution in [3.63, 3.8) is 0 Å². The normalized spacial score (nSPS) is 24.8. The molecule has 2 N–H and O–H groups in total. The Morgan fingerprint density at radius 1 is 1.35 bits per heavy atom. The van der Waals surface area contributed by atoms with E-state index in [1.54, 1.807) is 6.07 Å². The Labute approximate surface area is 101 Å². The zero-order chi connectivity index (χ0) is 12.4. The van der Waals surface area contributed by atoms with Crippen LogP contribution in [0.1, 0.15) is 16.7 Å². The van der Waals surface area contributed by atoms with E-state index in [1.165, 1.54) is 0 Å². The molecule has 2 unspecified atom stereocenters. The summed E-state index contributed by atoms with van der Waals surface area (Å²) in [5.41, 5.74) is 2.86. The van der Waals surface area contributed by atoms with Crippen LogP contribution in [-0.2, 0) is 6.54 Å². The van der Waals surface area contributed by atoms with Gasteiger partial charge in [0, 0.05) is 19.6 Å². The maximum atomic E-state index is 9.46. The fraction of sp³-hybridized carbons (Fsp3) is 0.462. The second-order valence-corrected chi connectivity index (χ2v) is 4.58. The van der Waals surface area contributed by atoms with Crippen molar-refractivity contribution in [2.24, 2.45) is 0 Å². The number of rotatable bonds is 2. The number of likely N-dealkylation sites (tertiary alicyclic amines) is 1. The maximum absolute atomic E-state index is 9.46. The molecule has 4 heteroatoms. The number of benzene rings is 1. The fourth-order valence-corrected chi connectivity index (χ4v) is 2.16. The van der Waals surface area contributed by atoms with Crippen molar-refractivity contribution in [3.05, 3.63) is 34.9 Å². The summed E-state index contributed by atoms with van der Waals surface area (Å²) < 4.78 is 0.